The van der Waals surface area contributed by atoms with Crippen LogP contribution in [0.4, 0.5) is 17.1 Å². The number of benzene rings is 10. The quantitative estimate of drug-likeness (QED) is 0.159. The fourth-order valence-corrected chi connectivity index (χ4v) is 11.6. The fourth-order valence-electron chi connectivity index (χ4n) is 11.6. The predicted molar refractivity (Wildman–Crippen MR) is 285 cm³/mol. The third-order valence-corrected chi connectivity index (χ3v) is 15.0. The van der Waals surface area contributed by atoms with Gasteiger partial charge in [-0.3, -0.25) is 0 Å². The molecular weight excluding hydrogens is 823 g/mol. The van der Waals surface area contributed by atoms with Gasteiger partial charge in [0.15, 0.2) is 0 Å². The van der Waals surface area contributed by atoms with Crippen molar-refractivity contribution in [3.05, 3.63) is 247 Å². The molecule has 2 nitrogen and oxygen atoms in total. The summed E-state index contributed by atoms with van der Waals surface area (Å²) >= 11 is 0. The topological polar surface area (TPSA) is 16.4 Å². The molecule has 0 saturated carbocycles. The molecule has 0 atom stereocenters. The molecular formula is C66H49NO. The Labute approximate surface area is 398 Å². The van der Waals surface area contributed by atoms with Gasteiger partial charge >= 0.3 is 0 Å². The van der Waals surface area contributed by atoms with Gasteiger partial charge in [-0.05, 0) is 144 Å². The maximum absolute atomic E-state index is 6.59. The molecule has 2 aliphatic rings. The monoisotopic (exact) mass is 871 g/mol. The van der Waals surface area contributed by atoms with Gasteiger partial charge in [0.1, 0.15) is 11.2 Å². The molecule has 0 fully saturated rings. The molecule has 2 heteroatoms. The summed E-state index contributed by atoms with van der Waals surface area (Å²) < 4.78 is 6.59. The average Bonchev–Trinajstić information content (AvgIpc) is 3.96. The second-order valence-electron chi connectivity index (χ2n) is 19.7. The second kappa shape index (κ2) is 15.2. The number of nitrogens with zero attached hydrogens (tertiary/aromatic N) is 1. The highest BCUT2D eigenvalue weighted by Crippen LogP contribution is 2.55. The van der Waals surface area contributed by atoms with Crippen molar-refractivity contribution in [2.45, 2.75) is 38.5 Å². The summed E-state index contributed by atoms with van der Waals surface area (Å²) in [5.41, 5.74) is 25.0. The van der Waals surface area contributed by atoms with Crippen LogP contribution in [0.3, 0.4) is 0 Å². The lowest BCUT2D eigenvalue weighted by atomic mass is 9.80. The van der Waals surface area contributed by atoms with Crippen molar-refractivity contribution in [3.8, 4) is 66.8 Å². The molecule has 0 amide bonds. The second-order valence-corrected chi connectivity index (χ2v) is 19.7. The van der Waals surface area contributed by atoms with Gasteiger partial charge in [-0.1, -0.05) is 191 Å². The number of para-hydroxylation sites is 2. The molecule has 1 heterocycles. The van der Waals surface area contributed by atoms with Crippen molar-refractivity contribution in [2.75, 3.05) is 4.90 Å². The lowest BCUT2D eigenvalue weighted by Crippen LogP contribution is -2.16. The van der Waals surface area contributed by atoms with Gasteiger partial charge in [0, 0.05) is 44.2 Å². The zero-order valence-electron chi connectivity index (χ0n) is 38.7. The highest BCUT2D eigenvalue weighted by atomic mass is 16.3. The summed E-state index contributed by atoms with van der Waals surface area (Å²) in [4.78, 5) is 2.44. The third kappa shape index (κ3) is 6.17. The summed E-state index contributed by atoms with van der Waals surface area (Å²) in [5, 5.41) is 2.26. The lowest BCUT2D eigenvalue weighted by molar-refractivity contribution is 0.660. The highest BCUT2D eigenvalue weighted by Gasteiger charge is 2.38. The van der Waals surface area contributed by atoms with Gasteiger partial charge in [0.05, 0.1) is 0 Å². The number of hydrogen-bond acceptors (Lipinski definition) is 2. The van der Waals surface area contributed by atoms with E-state index in [9.17, 15) is 0 Å². The Morgan fingerprint density at radius 2 is 0.868 bits per heavy atom. The Balaban J connectivity index is 0.972. The molecule has 0 N–H and O–H groups in total. The Hall–Kier alpha value is -8.20. The van der Waals surface area contributed by atoms with Crippen LogP contribution >= 0.6 is 0 Å². The molecule has 11 aromatic rings. The number of rotatable bonds is 7. The molecule has 0 spiro atoms. The van der Waals surface area contributed by atoms with Crippen molar-refractivity contribution in [1.82, 2.24) is 0 Å². The van der Waals surface area contributed by atoms with E-state index in [0.29, 0.717) is 0 Å². The molecule has 0 aliphatic heterocycles. The van der Waals surface area contributed by atoms with Crippen molar-refractivity contribution < 1.29 is 4.42 Å². The Morgan fingerprint density at radius 1 is 0.309 bits per heavy atom. The van der Waals surface area contributed by atoms with E-state index >= 15 is 0 Å². The molecule has 0 saturated heterocycles. The van der Waals surface area contributed by atoms with Crippen LogP contribution in [0, 0.1) is 0 Å². The van der Waals surface area contributed by atoms with E-state index in [-0.39, 0.29) is 10.8 Å². The van der Waals surface area contributed by atoms with Crippen LogP contribution < -0.4 is 4.90 Å². The van der Waals surface area contributed by atoms with E-state index in [2.05, 4.69) is 251 Å². The molecule has 2 aliphatic carbocycles. The van der Waals surface area contributed by atoms with Gasteiger partial charge < -0.3 is 9.32 Å². The predicted octanol–water partition coefficient (Wildman–Crippen LogP) is 18.3. The summed E-state index contributed by atoms with van der Waals surface area (Å²) in [6.07, 6.45) is 0. The van der Waals surface area contributed by atoms with Crippen LogP contribution in [0.15, 0.2) is 229 Å². The Morgan fingerprint density at radius 3 is 1.68 bits per heavy atom. The van der Waals surface area contributed by atoms with Gasteiger partial charge in [-0.15, -0.1) is 0 Å². The van der Waals surface area contributed by atoms with E-state index in [1.54, 1.807) is 0 Å². The first-order chi connectivity index (χ1) is 33.2. The van der Waals surface area contributed by atoms with E-state index in [1.165, 1.54) is 77.9 Å². The van der Waals surface area contributed by atoms with Crippen LogP contribution in [-0.2, 0) is 10.8 Å². The number of anilines is 3. The van der Waals surface area contributed by atoms with Crippen molar-refractivity contribution >= 4 is 39.0 Å². The first-order valence-electron chi connectivity index (χ1n) is 23.8. The van der Waals surface area contributed by atoms with Crippen molar-refractivity contribution in [3.63, 3.8) is 0 Å². The number of furan rings is 1. The zero-order valence-corrected chi connectivity index (χ0v) is 38.7. The zero-order chi connectivity index (χ0) is 45.7. The molecule has 0 unspecified atom stereocenters. The average molecular weight is 872 g/mol. The van der Waals surface area contributed by atoms with Crippen molar-refractivity contribution in [2.24, 2.45) is 0 Å². The minimum absolute atomic E-state index is 0.150. The molecule has 13 rings (SSSR count). The van der Waals surface area contributed by atoms with Gasteiger partial charge in [0.25, 0.3) is 0 Å². The van der Waals surface area contributed by atoms with E-state index in [0.717, 1.165) is 50.1 Å². The molecule has 324 valence electrons. The minimum atomic E-state index is -0.186. The number of hydrogen-bond donors (Lipinski definition) is 0. The Kier molecular flexibility index (Phi) is 8.95. The van der Waals surface area contributed by atoms with E-state index in [1.807, 2.05) is 6.07 Å². The first-order valence-corrected chi connectivity index (χ1v) is 23.8. The third-order valence-electron chi connectivity index (χ3n) is 15.0. The minimum Gasteiger partial charge on any atom is -0.455 e. The molecule has 1 aromatic heterocycles. The van der Waals surface area contributed by atoms with Crippen LogP contribution in [0.5, 0.6) is 0 Å². The standard InChI is InChI=1S/C66H49NO/c1-65(2)58-30-13-11-26-52(58)53-34-33-50(41-60(53)65)67(49-25-16-23-46(37-49)51-28-17-29-55-54-27-12-14-31-62(54)68-64(51)55)48-24-15-22-44(36-48)45-32-35-59-57(38-45)63-56(43-20-9-6-10-21-43)39-47(40-61(63)66(59,3)4)42-18-7-5-8-19-42/h5-41H,1-4H3. The molecule has 68 heavy (non-hydrogen) atoms. The SMILES string of the molecule is CC1(C)c2ccccc2-c2ccc(N(c3cccc(-c4ccc5c(c4)-c4c(-c6ccccc6)cc(-c6ccccc6)cc4C5(C)C)c3)c3cccc(-c4cccc5c4oc4ccccc45)c3)cc21. The largest absolute Gasteiger partial charge is 0.455 e. The van der Waals surface area contributed by atoms with Gasteiger partial charge in [-0.25, -0.2) is 0 Å². The van der Waals surface area contributed by atoms with Crippen LogP contribution in [0.1, 0.15) is 49.9 Å². The molecule has 10 aromatic carbocycles. The summed E-state index contributed by atoms with van der Waals surface area (Å²) in [7, 11) is 0. The molecule has 0 radical (unpaired) electrons. The van der Waals surface area contributed by atoms with E-state index < -0.39 is 0 Å². The smallest absolute Gasteiger partial charge is 0.143 e. The van der Waals surface area contributed by atoms with Crippen LogP contribution in [-0.4, -0.2) is 0 Å². The lowest BCUT2D eigenvalue weighted by Gasteiger charge is -2.29. The summed E-state index contributed by atoms with van der Waals surface area (Å²) in [6.45, 7) is 9.50. The van der Waals surface area contributed by atoms with Gasteiger partial charge in [0.2, 0.25) is 0 Å². The number of fused-ring (bicyclic) bond motifs is 9. The van der Waals surface area contributed by atoms with Crippen LogP contribution in [0.2, 0.25) is 0 Å². The van der Waals surface area contributed by atoms with Crippen LogP contribution in [0.25, 0.3) is 88.7 Å². The molecule has 0 bridgehead atoms. The van der Waals surface area contributed by atoms with Gasteiger partial charge in [-0.2, -0.15) is 0 Å². The van der Waals surface area contributed by atoms with E-state index in [4.69, 9.17) is 4.42 Å². The Bertz CT molecular complexity index is 3800. The normalized spacial score (nSPS) is 13.8. The fraction of sp³-hybridized carbons (Fsp3) is 0.0909. The summed E-state index contributed by atoms with van der Waals surface area (Å²) in [6, 6.07) is 82.6. The van der Waals surface area contributed by atoms with Crippen molar-refractivity contribution in [1.29, 1.82) is 0 Å². The maximum atomic E-state index is 6.59. The first kappa shape index (κ1) is 40.1. The summed E-state index contributed by atoms with van der Waals surface area (Å²) in [5.74, 6) is 0. The highest BCUT2D eigenvalue weighted by molar-refractivity contribution is 6.09. The maximum Gasteiger partial charge on any atom is 0.143 e.